The molecule has 0 fully saturated rings. The number of carbonyl (C=O) groups is 2. The number of esters is 2. The van der Waals surface area contributed by atoms with Crippen molar-refractivity contribution in [3.63, 3.8) is 0 Å². The predicted molar refractivity (Wildman–Crippen MR) is 128 cm³/mol. The third-order valence-corrected chi connectivity index (χ3v) is 8.06. The number of ether oxygens (including phenoxy) is 2. The largest absolute Gasteiger partial charge is 0.743 e. The van der Waals surface area contributed by atoms with Gasteiger partial charge in [-0.3, -0.25) is 10.1 Å². The zero-order valence-corrected chi connectivity index (χ0v) is 22.3. The number of hydrogen-bond donors (Lipinski definition) is 0. The highest BCUT2D eigenvalue weighted by Crippen LogP contribution is 2.29. The molecule has 2 aromatic rings. The van der Waals surface area contributed by atoms with Crippen molar-refractivity contribution in [2.24, 2.45) is 0 Å². The number of alkyl halides is 2. The molecule has 0 aliphatic heterocycles. The maximum absolute atomic E-state index is 13.2. The molecule has 0 radical (unpaired) electrons. The summed E-state index contributed by atoms with van der Waals surface area (Å²) < 4.78 is 69.2. The first-order valence-corrected chi connectivity index (χ1v) is 12.4. The van der Waals surface area contributed by atoms with Crippen LogP contribution in [0.4, 0.5) is 14.5 Å². The molecule has 0 unspecified atom stereocenters. The van der Waals surface area contributed by atoms with Crippen LogP contribution in [0.5, 0.6) is 5.75 Å². The summed E-state index contributed by atoms with van der Waals surface area (Å²) in [6.45, 7) is -2.15. The molecule has 0 bridgehead atoms. The van der Waals surface area contributed by atoms with Crippen molar-refractivity contribution in [3.05, 3.63) is 62.3 Å². The van der Waals surface area contributed by atoms with Crippen molar-refractivity contribution in [2.45, 2.75) is 5.25 Å². The Kier molecular flexibility index (Phi) is 8.72. The van der Waals surface area contributed by atoms with Crippen molar-refractivity contribution < 1.29 is 45.7 Å². The van der Waals surface area contributed by atoms with Gasteiger partial charge in [0.05, 0.1) is 10.5 Å². The summed E-state index contributed by atoms with van der Waals surface area (Å²) in [5.41, 5.74) is -1.61. The van der Waals surface area contributed by atoms with Gasteiger partial charge in [-0.1, -0.05) is 0 Å². The average Bonchev–Trinajstić information content (AvgIpc) is 2.67. The number of carbonyl (C=O) groups excluding carboxylic acids is 2. The lowest BCUT2D eigenvalue weighted by Crippen LogP contribution is -2.34. The lowest BCUT2D eigenvalue weighted by Gasteiger charge is -2.19. The number of rotatable bonds is 7. The number of nitro groups is 1. The molecule has 0 saturated carbocycles. The molecule has 16 heteroatoms. The molecule has 0 heterocycles. The van der Waals surface area contributed by atoms with Crippen LogP contribution in [0.2, 0.25) is 0 Å². The second-order valence-corrected chi connectivity index (χ2v) is 10.7. The summed E-state index contributed by atoms with van der Waals surface area (Å²) in [5.74, 6) is -2.93. The zero-order chi connectivity index (χ0) is 24.4. The summed E-state index contributed by atoms with van der Waals surface area (Å²) in [6.07, 6.45) is 0. The van der Waals surface area contributed by atoms with Gasteiger partial charge in [0.2, 0.25) is 0 Å². The Labute approximate surface area is 219 Å². The van der Waals surface area contributed by atoms with E-state index in [2.05, 4.69) is 4.74 Å². The molecule has 172 valence electrons. The molecule has 32 heavy (non-hydrogen) atoms. The Bertz CT molecular complexity index is 1220. The van der Waals surface area contributed by atoms with Gasteiger partial charge in [0.25, 0.3) is 5.69 Å². The van der Waals surface area contributed by atoms with Gasteiger partial charge in [-0.2, -0.15) is 8.78 Å². The predicted octanol–water partition coefficient (Wildman–Crippen LogP) is 3.92. The van der Waals surface area contributed by atoms with Gasteiger partial charge in [-0.15, -0.1) is 0 Å². The fraction of sp³-hybridized carbons (Fsp3) is 0.125. The lowest BCUT2D eigenvalue weighted by atomic mass is 10.1. The van der Waals surface area contributed by atoms with Crippen LogP contribution < -0.4 is 4.74 Å². The van der Waals surface area contributed by atoms with Crippen LogP contribution in [0, 0.1) is 20.8 Å². The summed E-state index contributed by atoms with van der Waals surface area (Å²) in [5, 5.41) is 6.21. The molecule has 0 spiro atoms. The average molecular weight is 808 g/mol. The van der Waals surface area contributed by atoms with E-state index in [1.807, 2.05) is 67.8 Å². The maximum Gasteiger partial charge on any atom is 0.367 e. The quantitative estimate of drug-likeness (QED) is 0.0771. The molecule has 2 aromatic carbocycles. The number of hydrogen-bond acceptors (Lipinski definition) is 9. The number of halogens is 5. The summed E-state index contributed by atoms with van der Waals surface area (Å²) in [6, 6.07) is 5.80. The van der Waals surface area contributed by atoms with Crippen LogP contribution >= 0.6 is 67.8 Å². The fourth-order valence-electron chi connectivity index (χ4n) is 2.07. The second-order valence-electron chi connectivity index (χ2n) is 5.74. The van der Waals surface area contributed by atoms with Crippen molar-refractivity contribution in [1.82, 2.24) is 0 Å². The summed E-state index contributed by atoms with van der Waals surface area (Å²) >= 11 is 5.90. The van der Waals surface area contributed by atoms with E-state index in [-0.39, 0.29) is 11.3 Å². The normalized spacial score (nSPS) is 11.7. The van der Waals surface area contributed by atoms with E-state index in [0.717, 1.165) is 19.3 Å². The SMILES string of the molecule is O=C(OCC(F)(F)S(=O)(=O)[O-])c1cc(OC(=O)c2cc(I)cc(I)c2I)ccc1[N+](=O)[O-]. The molecule has 0 atom stereocenters. The van der Waals surface area contributed by atoms with Gasteiger partial charge in [0, 0.05) is 22.8 Å². The Morgan fingerprint density at radius 1 is 1.06 bits per heavy atom. The molecule has 2 rings (SSSR count). The highest BCUT2D eigenvalue weighted by atomic mass is 127. The van der Waals surface area contributed by atoms with E-state index < -0.39 is 50.1 Å². The van der Waals surface area contributed by atoms with Gasteiger partial charge >= 0.3 is 17.2 Å². The molecular formula is C16H7F2I3NO9S-. The van der Waals surface area contributed by atoms with E-state index in [4.69, 9.17) is 4.74 Å². The van der Waals surface area contributed by atoms with Crippen LogP contribution in [0.1, 0.15) is 20.7 Å². The van der Waals surface area contributed by atoms with Crippen LogP contribution in [-0.4, -0.2) is 41.7 Å². The molecule has 0 amide bonds. The van der Waals surface area contributed by atoms with Crippen LogP contribution in [0.25, 0.3) is 0 Å². The molecule has 10 nitrogen and oxygen atoms in total. The van der Waals surface area contributed by atoms with Gasteiger partial charge in [-0.25, -0.2) is 18.0 Å². The molecule has 0 aromatic heterocycles. The van der Waals surface area contributed by atoms with Crippen molar-refractivity contribution in [2.75, 3.05) is 6.61 Å². The van der Waals surface area contributed by atoms with E-state index in [0.29, 0.717) is 9.64 Å². The monoisotopic (exact) mass is 808 g/mol. The van der Waals surface area contributed by atoms with Gasteiger partial charge < -0.3 is 14.0 Å². The van der Waals surface area contributed by atoms with Crippen LogP contribution in [0.3, 0.4) is 0 Å². The number of nitrogens with zero attached hydrogens (tertiary/aromatic N) is 1. The Morgan fingerprint density at radius 2 is 1.69 bits per heavy atom. The van der Waals surface area contributed by atoms with Gasteiger partial charge in [0.1, 0.15) is 11.3 Å². The molecule has 0 aliphatic rings. The maximum atomic E-state index is 13.2. The minimum atomic E-state index is -6.14. The standard InChI is InChI=1S/C16H8F2I3NO9S/c17-16(18,32(27,28)29)6-30-14(23)9-5-8(1-2-12(9)22(25)26)31-15(24)10-3-7(19)4-11(20)13(10)21/h1-5H,6H2,(H,27,28,29)/p-1. The Hall–Kier alpha value is -1.26. The van der Waals surface area contributed by atoms with E-state index in [1.165, 1.54) is 6.07 Å². The van der Waals surface area contributed by atoms with E-state index in [9.17, 15) is 41.5 Å². The van der Waals surface area contributed by atoms with Gasteiger partial charge in [-0.05, 0) is 86.0 Å². The zero-order valence-electron chi connectivity index (χ0n) is 15.0. The second kappa shape index (κ2) is 10.3. The smallest absolute Gasteiger partial charge is 0.367 e. The third-order valence-electron chi connectivity index (χ3n) is 3.55. The van der Waals surface area contributed by atoms with Crippen molar-refractivity contribution in [1.29, 1.82) is 0 Å². The first-order valence-electron chi connectivity index (χ1n) is 7.79. The van der Waals surface area contributed by atoms with E-state index in [1.54, 1.807) is 6.07 Å². The molecule has 0 aliphatic carbocycles. The number of nitro benzene ring substituents is 1. The van der Waals surface area contributed by atoms with Crippen LogP contribution in [-0.2, 0) is 14.9 Å². The fourth-order valence-corrected chi connectivity index (χ4v) is 4.65. The Morgan fingerprint density at radius 3 is 2.25 bits per heavy atom. The Balaban J connectivity index is 2.35. The van der Waals surface area contributed by atoms with Crippen molar-refractivity contribution >= 4 is 95.5 Å². The molecule has 0 saturated heterocycles. The highest BCUT2D eigenvalue weighted by molar-refractivity contribution is 14.1. The minimum Gasteiger partial charge on any atom is -0.743 e. The van der Waals surface area contributed by atoms with Gasteiger partial charge in [0.15, 0.2) is 16.7 Å². The van der Waals surface area contributed by atoms with Crippen LogP contribution in [0.15, 0.2) is 30.3 Å². The van der Waals surface area contributed by atoms with Crippen molar-refractivity contribution in [3.8, 4) is 5.75 Å². The van der Waals surface area contributed by atoms with E-state index >= 15 is 0 Å². The summed E-state index contributed by atoms with van der Waals surface area (Å²) in [4.78, 5) is 34.7. The summed E-state index contributed by atoms with van der Waals surface area (Å²) in [7, 11) is -6.14. The highest BCUT2D eigenvalue weighted by Gasteiger charge is 2.40. The molecule has 0 N–H and O–H groups in total. The molecular weight excluding hydrogens is 801 g/mol. The lowest BCUT2D eigenvalue weighted by molar-refractivity contribution is -0.385. The number of benzene rings is 2. The first-order chi connectivity index (χ1) is 14.6. The third kappa shape index (κ3) is 6.41. The minimum absolute atomic E-state index is 0.171. The first kappa shape index (κ1) is 27.0. The topological polar surface area (TPSA) is 153 Å².